The smallest absolute Gasteiger partial charge is 0.118 e. The number of rotatable bonds is 2. The molecule has 3 rings (SSSR count). The molecular formula is C15H16O3. The number of hydrogen-bond donors (Lipinski definition) is 1. The highest BCUT2D eigenvalue weighted by Gasteiger charge is 2.37. The average molecular weight is 244 g/mol. The maximum atomic E-state index is 10.9. The van der Waals surface area contributed by atoms with Gasteiger partial charge in [0.1, 0.15) is 17.1 Å². The zero-order valence-corrected chi connectivity index (χ0v) is 10.3. The van der Waals surface area contributed by atoms with Gasteiger partial charge in [-0.3, -0.25) is 0 Å². The molecular weight excluding hydrogens is 228 g/mol. The molecule has 2 aromatic rings. The van der Waals surface area contributed by atoms with Crippen molar-refractivity contribution in [2.75, 3.05) is 7.11 Å². The summed E-state index contributed by atoms with van der Waals surface area (Å²) in [6, 6.07) is 9.46. The van der Waals surface area contributed by atoms with Crippen LogP contribution in [-0.2, 0) is 12.0 Å². The van der Waals surface area contributed by atoms with Crippen molar-refractivity contribution in [2.24, 2.45) is 0 Å². The summed E-state index contributed by atoms with van der Waals surface area (Å²) in [6.07, 6.45) is 4.22. The van der Waals surface area contributed by atoms with Gasteiger partial charge >= 0.3 is 0 Å². The molecule has 1 aromatic heterocycles. The van der Waals surface area contributed by atoms with Crippen molar-refractivity contribution in [1.29, 1.82) is 0 Å². The van der Waals surface area contributed by atoms with Crippen LogP contribution in [0.4, 0.5) is 0 Å². The first-order valence-electron chi connectivity index (χ1n) is 6.18. The first-order chi connectivity index (χ1) is 8.74. The third-order valence-corrected chi connectivity index (χ3v) is 3.70. The maximum absolute atomic E-state index is 10.9. The van der Waals surface area contributed by atoms with E-state index in [1.807, 2.05) is 30.3 Å². The van der Waals surface area contributed by atoms with Crippen LogP contribution in [0.25, 0.3) is 0 Å². The molecule has 1 aliphatic rings. The highest BCUT2D eigenvalue weighted by Crippen LogP contribution is 2.41. The summed E-state index contributed by atoms with van der Waals surface area (Å²) in [5, 5.41) is 10.9. The number of aryl methyl sites for hydroxylation is 1. The van der Waals surface area contributed by atoms with Crippen molar-refractivity contribution in [3.8, 4) is 5.75 Å². The second-order valence-electron chi connectivity index (χ2n) is 4.70. The van der Waals surface area contributed by atoms with Crippen molar-refractivity contribution in [3.63, 3.8) is 0 Å². The fourth-order valence-electron chi connectivity index (χ4n) is 2.71. The molecule has 1 aromatic carbocycles. The van der Waals surface area contributed by atoms with E-state index in [9.17, 15) is 5.11 Å². The number of benzene rings is 1. The first kappa shape index (κ1) is 11.4. The average Bonchev–Trinajstić information content (AvgIpc) is 2.89. The summed E-state index contributed by atoms with van der Waals surface area (Å²) in [5.74, 6) is 1.70. The molecule has 94 valence electrons. The van der Waals surface area contributed by atoms with Crippen LogP contribution in [0.5, 0.6) is 5.75 Å². The van der Waals surface area contributed by atoms with E-state index in [1.54, 1.807) is 13.4 Å². The van der Waals surface area contributed by atoms with Gasteiger partial charge in [-0.15, -0.1) is 0 Å². The van der Waals surface area contributed by atoms with Crippen LogP contribution in [0.2, 0.25) is 0 Å². The standard InChI is InChI=1S/C15H16O3/c1-17-12-6-4-11(5-7-12)15(16)9-2-3-14-13(15)8-10-18-14/h4-8,10,16H,2-3,9H2,1H3. The van der Waals surface area contributed by atoms with E-state index in [0.29, 0.717) is 0 Å². The van der Waals surface area contributed by atoms with Gasteiger partial charge in [-0.05, 0) is 36.6 Å². The molecule has 18 heavy (non-hydrogen) atoms. The van der Waals surface area contributed by atoms with Crippen LogP contribution < -0.4 is 4.74 Å². The van der Waals surface area contributed by atoms with E-state index in [1.165, 1.54) is 0 Å². The van der Waals surface area contributed by atoms with Gasteiger partial charge in [0.2, 0.25) is 0 Å². The largest absolute Gasteiger partial charge is 0.497 e. The lowest BCUT2D eigenvalue weighted by Gasteiger charge is -2.32. The number of hydrogen-bond acceptors (Lipinski definition) is 3. The van der Waals surface area contributed by atoms with Crippen molar-refractivity contribution in [1.82, 2.24) is 0 Å². The van der Waals surface area contributed by atoms with Gasteiger partial charge in [0.15, 0.2) is 0 Å². The Labute approximate surface area is 106 Å². The van der Waals surface area contributed by atoms with E-state index in [2.05, 4.69) is 0 Å². The second kappa shape index (κ2) is 4.18. The van der Waals surface area contributed by atoms with Crippen molar-refractivity contribution >= 4 is 0 Å². The Kier molecular flexibility index (Phi) is 2.63. The predicted molar refractivity (Wildman–Crippen MR) is 67.6 cm³/mol. The summed E-state index contributed by atoms with van der Waals surface area (Å²) < 4.78 is 10.6. The Morgan fingerprint density at radius 3 is 2.72 bits per heavy atom. The number of furan rings is 1. The molecule has 0 fully saturated rings. The van der Waals surface area contributed by atoms with E-state index in [0.717, 1.165) is 41.9 Å². The Bertz CT molecular complexity index is 541. The minimum Gasteiger partial charge on any atom is -0.497 e. The summed E-state index contributed by atoms with van der Waals surface area (Å²) in [4.78, 5) is 0. The lowest BCUT2D eigenvalue weighted by atomic mass is 9.78. The Morgan fingerprint density at radius 1 is 1.22 bits per heavy atom. The second-order valence-corrected chi connectivity index (χ2v) is 4.70. The van der Waals surface area contributed by atoms with Gasteiger partial charge in [-0.25, -0.2) is 0 Å². The molecule has 1 unspecified atom stereocenters. The molecule has 0 spiro atoms. The minimum absolute atomic E-state index is 0.728. The van der Waals surface area contributed by atoms with Crippen molar-refractivity contribution in [3.05, 3.63) is 53.5 Å². The summed E-state index contributed by atoms with van der Waals surface area (Å²) in [5.41, 5.74) is 0.872. The lowest BCUT2D eigenvalue weighted by Crippen LogP contribution is -2.30. The summed E-state index contributed by atoms with van der Waals surface area (Å²) in [7, 11) is 1.64. The lowest BCUT2D eigenvalue weighted by molar-refractivity contribution is 0.0589. The SMILES string of the molecule is COc1ccc(C2(O)CCCc3occc32)cc1. The molecule has 1 aliphatic carbocycles. The molecule has 1 N–H and O–H groups in total. The van der Waals surface area contributed by atoms with E-state index in [4.69, 9.17) is 9.15 Å². The van der Waals surface area contributed by atoms with Crippen LogP contribution in [0, 0.1) is 0 Å². The molecule has 0 aliphatic heterocycles. The normalized spacial score (nSPS) is 22.6. The van der Waals surface area contributed by atoms with Gasteiger partial charge < -0.3 is 14.3 Å². The van der Waals surface area contributed by atoms with Crippen LogP contribution in [0.1, 0.15) is 29.7 Å². The molecule has 3 heteroatoms. The quantitative estimate of drug-likeness (QED) is 0.883. The minimum atomic E-state index is -0.924. The van der Waals surface area contributed by atoms with Crippen LogP contribution in [-0.4, -0.2) is 12.2 Å². The number of fused-ring (bicyclic) bond motifs is 1. The first-order valence-corrected chi connectivity index (χ1v) is 6.18. The third-order valence-electron chi connectivity index (χ3n) is 3.70. The van der Waals surface area contributed by atoms with Gasteiger partial charge in [0.05, 0.1) is 13.4 Å². The fourth-order valence-corrected chi connectivity index (χ4v) is 2.71. The van der Waals surface area contributed by atoms with E-state index >= 15 is 0 Å². The summed E-state index contributed by atoms with van der Waals surface area (Å²) in [6.45, 7) is 0. The van der Waals surface area contributed by atoms with E-state index < -0.39 is 5.60 Å². The van der Waals surface area contributed by atoms with Crippen molar-refractivity contribution in [2.45, 2.75) is 24.9 Å². The molecule has 0 saturated carbocycles. The van der Waals surface area contributed by atoms with Gasteiger partial charge in [-0.2, -0.15) is 0 Å². The molecule has 0 bridgehead atoms. The molecule has 1 heterocycles. The van der Waals surface area contributed by atoms with Gasteiger partial charge in [0.25, 0.3) is 0 Å². The molecule has 3 nitrogen and oxygen atoms in total. The number of ether oxygens (including phenoxy) is 1. The molecule has 0 saturated heterocycles. The Hall–Kier alpha value is -1.74. The Balaban J connectivity index is 2.05. The fraction of sp³-hybridized carbons (Fsp3) is 0.333. The van der Waals surface area contributed by atoms with Crippen molar-refractivity contribution < 1.29 is 14.3 Å². The van der Waals surface area contributed by atoms with E-state index in [-0.39, 0.29) is 0 Å². The summed E-state index contributed by atoms with van der Waals surface area (Å²) >= 11 is 0. The van der Waals surface area contributed by atoms with Gasteiger partial charge in [-0.1, -0.05) is 12.1 Å². The number of methoxy groups -OCH3 is 1. The highest BCUT2D eigenvalue weighted by atomic mass is 16.5. The zero-order valence-electron chi connectivity index (χ0n) is 10.3. The molecule has 0 radical (unpaired) electrons. The van der Waals surface area contributed by atoms with Crippen LogP contribution in [0.15, 0.2) is 41.0 Å². The maximum Gasteiger partial charge on any atom is 0.118 e. The predicted octanol–water partition coefficient (Wildman–Crippen LogP) is 2.86. The Morgan fingerprint density at radius 2 is 2.00 bits per heavy atom. The van der Waals surface area contributed by atoms with Crippen LogP contribution in [0.3, 0.4) is 0 Å². The molecule has 0 amide bonds. The topological polar surface area (TPSA) is 42.6 Å². The highest BCUT2D eigenvalue weighted by molar-refractivity contribution is 5.41. The number of aliphatic hydroxyl groups is 1. The zero-order chi connectivity index (χ0) is 12.6. The third kappa shape index (κ3) is 1.63. The molecule has 1 atom stereocenters. The van der Waals surface area contributed by atoms with Crippen LogP contribution >= 0.6 is 0 Å². The monoisotopic (exact) mass is 244 g/mol. The van der Waals surface area contributed by atoms with Gasteiger partial charge in [0, 0.05) is 12.0 Å².